The van der Waals surface area contributed by atoms with Crippen LogP contribution in [0.1, 0.15) is 18.1 Å². The Labute approximate surface area is 200 Å². The van der Waals surface area contributed by atoms with E-state index in [0.717, 1.165) is 10.0 Å². The first kappa shape index (κ1) is 23.6. The number of carbonyl (C=O) groups excluding carboxylic acids is 1. The van der Waals surface area contributed by atoms with Gasteiger partial charge in [-0.3, -0.25) is 4.79 Å². The van der Waals surface area contributed by atoms with Crippen LogP contribution in [-0.2, 0) is 11.4 Å². The summed E-state index contributed by atoms with van der Waals surface area (Å²) in [7, 11) is 1.58. The molecule has 0 aliphatic heterocycles. The van der Waals surface area contributed by atoms with Gasteiger partial charge in [-0.1, -0.05) is 39.7 Å². The highest BCUT2D eigenvalue weighted by Crippen LogP contribution is 2.24. The molecule has 8 heteroatoms. The highest BCUT2D eigenvalue weighted by Gasteiger charge is 2.14. The summed E-state index contributed by atoms with van der Waals surface area (Å²) in [4.78, 5) is 12.3. The summed E-state index contributed by atoms with van der Waals surface area (Å²) in [6.07, 6.45) is 0.761. The molecule has 1 atom stereocenters. The second-order valence-corrected chi connectivity index (χ2v) is 8.12. The van der Waals surface area contributed by atoms with E-state index in [-0.39, 0.29) is 0 Å². The molecule has 0 bridgehead atoms. The van der Waals surface area contributed by atoms with Crippen molar-refractivity contribution in [2.45, 2.75) is 19.6 Å². The lowest BCUT2D eigenvalue weighted by Crippen LogP contribution is -2.33. The van der Waals surface area contributed by atoms with Crippen molar-refractivity contribution in [1.82, 2.24) is 5.43 Å². The summed E-state index contributed by atoms with van der Waals surface area (Å²) in [5.74, 6) is 1.40. The van der Waals surface area contributed by atoms with Crippen molar-refractivity contribution >= 4 is 39.7 Å². The van der Waals surface area contributed by atoms with Crippen LogP contribution in [0.5, 0.6) is 17.2 Å². The molecule has 1 N–H and O–H groups in total. The number of rotatable bonds is 9. The number of hydrogen-bond donors (Lipinski definition) is 1. The van der Waals surface area contributed by atoms with Gasteiger partial charge in [0.15, 0.2) is 6.10 Å². The highest BCUT2D eigenvalue weighted by atomic mass is 79.9. The van der Waals surface area contributed by atoms with Crippen molar-refractivity contribution in [2.24, 2.45) is 5.10 Å². The summed E-state index contributed by atoms with van der Waals surface area (Å²) in [5.41, 5.74) is 4.16. The summed E-state index contributed by atoms with van der Waals surface area (Å²) in [5, 5.41) is 4.65. The quantitative estimate of drug-likeness (QED) is 0.296. The minimum atomic E-state index is -0.745. The lowest BCUT2D eigenvalue weighted by Gasteiger charge is -2.13. The summed E-state index contributed by atoms with van der Waals surface area (Å²) < 4.78 is 17.8. The number of hydrazone groups is 1. The minimum Gasteiger partial charge on any atom is -0.497 e. The van der Waals surface area contributed by atoms with Gasteiger partial charge in [-0.2, -0.15) is 5.10 Å². The van der Waals surface area contributed by atoms with E-state index in [4.69, 9.17) is 25.8 Å². The van der Waals surface area contributed by atoms with Gasteiger partial charge in [0.1, 0.15) is 23.9 Å². The van der Waals surface area contributed by atoms with E-state index in [1.807, 2.05) is 24.3 Å². The predicted octanol–water partition coefficient (Wildman–Crippen LogP) is 5.61. The summed E-state index contributed by atoms with van der Waals surface area (Å²) in [6, 6.07) is 20.0. The van der Waals surface area contributed by atoms with Crippen molar-refractivity contribution in [3.8, 4) is 17.2 Å². The molecule has 0 spiro atoms. The van der Waals surface area contributed by atoms with Gasteiger partial charge < -0.3 is 14.2 Å². The van der Waals surface area contributed by atoms with Gasteiger partial charge in [0.25, 0.3) is 5.91 Å². The maximum absolute atomic E-state index is 12.3. The fourth-order valence-corrected chi connectivity index (χ4v) is 3.27. The average Bonchev–Trinajstić information content (AvgIpc) is 2.79. The molecule has 0 aliphatic carbocycles. The largest absolute Gasteiger partial charge is 0.497 e. The van der Waals surface area contributed by atoms with E-state index >= 15 is 0 Å². The molecule has 0 radical (unpaired) electrons. The first-order valence-corrected chi connectivity index (χ1v) is 10.9. The molecule has 0 saturated heterocycles. The minimum absolute atomic E-state index is 0.380. The van der Waals surface area contributed by atoms with Crippen molar-refractivity contribution < 1.29 is 19.0 Å². The summed E-state index contributed by atoms with van der Waals surface area (Å²) in [6.45, 7) is 2.02. The van der Waals surface area contributed by atoms with Gasteiger partial charge in [-0.05, 0) is 67.1 Å². The normalized spacial score (nSPS) is 11.8. The number of carbonyl (C=O) groups is 1. The highest BCUT2D eigenvalue weighted by molar-refractivity contribution is 9.10. The van der Waals surface area contributed by atoms with Crippen LogP contribution in [-0.4, -0.2) is 25.3 Å². The van der Waals surface area contributed by atoms with Crippen LogP contribution in [0.15, 0.2) is 76.3 Å². The molecular formula is C24H22BrClN2O4. The average molecular weight is 518 g/mol. The third kappa shape index (κ3) is 7.00. The van der Waals surface area contributed by atoms with Crippen LogP contribution in [0.4, 0.5) is 0 Å². The molecule has 166 valence electrons. The van der Waals surface area contributed by atoms with Gasteiger partial charge >= 0.3 is 0 Å². The van der Waals surface area contributed by atoms with E-state index < -0.39 is 12.0 Å². The molecule has 0 aliphatic rings. The van der Waals surface area contributed by atoms with Gasteiger partial charge in [0.2, 0.25) is 0 Å². The standard InChI is InChI=1S/C24H22BrClN2O4/c1-16(32-21-8-6-20(26)7-9-21)24(29)28-27-14-18-13-22(30-2)10-11-23(18)31-15-17-4-3-5-19(25)12-17/h3-14,16H,15H2,1-2H3,(H,28,29)/b27-14-/t16-/m1/s1. The predicted molar refractivity (Wildman–Crippen MR) is 129 cm³/mol. The third-order valence-corrected chi connectivity index (χ3v) is 5.12. The van der Waals surface area contributed by atoms with Crippen LogP contribution in [0.3, 0.4) is 0 Å². The third-order valence-electron chi connectivity index (χ3n) is 4.37. The van der Waals surface area contributed by atoms with Crippen molar-refractivity contribution in [3.05, 3.63) is 87.4 Å². The second-order valence-electron chi connectivity index (χ2n) is 6.77. The molecule has 3 aromatic rings. The molecular weight excluding hydrogens is 496 g/mol. The van der Waals surface area contributed by atoms with Gasteiger partial charge in [-0.15, -0.1) is 0 Å². The molecule has 0 fully saturated rings. The number of methoxy groups -OCH3 is 1. The van der Waals surface area contributed by atoms with Crippen molar-refractivity contribution in [2.75, 3.05) is 7.11 Å². The van der Waals surface area contributed by atoms with Gasteiger partial charge in [0, 0.05) is 15.1 Å². The number of nitrogens with zero attached hydrogens (tertiary/aromatic N) is 1. The Morgan fingerprint density at radius 2 is 1.88 bits per heavy atom. The second kappa shape index (κ2) is 11.5. The number of benzene rings is 3. The zero-order chi connectivity index (χ0) is 22.9. The van der Waals surface area contributed by atoms with E-state index in [1.165, 1.54) is 6.21 Å². The number of halogens is 2. The number of ether oxygens (including phenoxy) is 3. The topological polar surface area (TPSA) is 69.2 Å². The maximum atomic E-state index is 12.3. The van der Waals surface area contributed by atoms with Crippen LogP contribution in [0.2, 0.25) is 5.02 Å². The van der Waals surface area contributed by atoms with E-state index in [2.05, 4.69) is 26.5 Å². The molecule has 32 heavy (non-hydrogen) atoms. The number of hydrogen-bond acceptors (Lipinski definition) is 5. The van der Waals surface area contributed by atoms with E-state index in [9.17, 15) is 4.79 Å². The Morgan fingerprint density at radius 1 is 1.12 bits per heavy atom. The lowest BCUT2D eigenvalue weighted by atomic mass is 10.2. The Bertz CT molecular complexity index is 1090. The first-order valence-electron chi connectivity index (χ1n) is 9.75. The van der Waals surface area contributed by atoms with Gasteiger partial charge in [0.05, 0.1) is 13.3 Å². The van der Waals surface area contributed by atoms with Crippen LogP contribution in [0.25, 0.3) is 0 Å². The molecule has 3 aromatic carbocycles. The fraction of sp³-hybridized carbons (Fsp3) is 0.167. The van der Waals surface area contributed by atoms with Crippen LogP contribution < -0.4 is 19.6 Å². The molecule has 0 saturated carbocycles. The fourth-order valence-electron chi connectivity index (χ4n) is 2.70. The molecule has 1 amide bonds. The first-order chi connectivity index (χ1) is 15.4. The Balaban J connectivity index is 1.63. The molecule has 0 unspecified atom stereocenters. The monoisotopic (exact) mass is 516 g/mol. The smallest absolute Gasteiger partial charge is 0.280 e. The molecule has 6 nitrogen and oxygen atoms in total. The molecule has 0 heterocycles. The Kier molecular flexibility index (Phi) is 8.53. The Morgan fingerprint density at radius 3 is 2.59 bits per heavy atom. The van der Waals surface area contributed by atoms with Crippen LogP contribution in [0, 0.1) is 0 Å². The van der Waals surface area contributed by atoms with Crippen molar-refractivity contribution in [3.63, 3.8) is 0 Å². The Hall–Kier alpha value is -3.03. The summed E-state index contributed by atoms with van der Waals surface area (Å²) >= 11 is 9.32. The van der Waals surface area contributed by atoms with Crippen LogP contribution >= 0.6 is 27.5 Å². The zero-order valence-corrected chi connectivity index (χ0v) is 19.9. The van der Waals surface area contributed by atoms with Crippen molar-refractivity contribution in [1.29, 1.82) is 0 Å². The molecule has 0 aromatic heterocycles. The lowest BCUT2D eigenvalue weighted by molar-refractivity contribution is -0.127. The SMILES string of the molecule is COc1ccc(OCc2cccc(Br)c2)c(/C=N\NC(=O)[C@@H](C)Oc2ccc(Cl)cc2)c1. The maximum Gasteiger partial charge on any atom is 0.280 e. The van der Waals surface area contributed by atoms with E-state index in [1.54, 1.807) is 56.5 Å². The zero-order valence-electron chi connectivity index (χ0n) is 17.5. The number of nitrogens with one attached hydrogen (secondary N) is 1. The van der Waals surface area contributed by atoms with E-state index in [0.29, 0.717) is 34.4 Å². The molecule has 3 rings (SSSR count). The van der Waals surface area contributed by atoms with Gasteiger partial charge in [-0.25, -0.2) is 5.43 Å². The number of amides is 1.